The molecule has 22 heavy (non-hydrogen) atoms. The van der Waals surface area contributed by atoms with Gasteiger partial charge in [-0.3, -0.25) is 0 Å². The van der Waals surface area contributed by atoms with Gasteiger partial charge in [-0.25, -0.2) is 0 Å². The topological polar surface area (TPSA) is 0 Å². The lowest BCUT2D eigenvalue weighted by Crippen LogP contribution is -2.39. The largest absolute Gasteiger partial charge is 0.0773 e. The summed E-state index contributed by atoms with van der Waals surface area (Å²) in [7, 11) is 0. The summed E-state index contributed by atoms with van der Waals surface area (Å²) in [5, 5.41) is 3.00. The lowest BCUT2D eigenvalue weighted by Gasteiger charge is -2.31. The molecule has 0 fully saturated rings. The number of hydrogen-bond acceptors (Lipinski definition) is 0. The number of fused-ring (bicyclic) bond motifs is 4. The Hall–Kier alpha value is -1.56. The van der Waals surface area contributed by atoms with Crippen LogP contribution in [0.5, 0.6) is 0 Å². The van der Waals surface area contributed by atoms with Crippen molar-refractivity contribution in [1.29, 1.82) is 0 Å². The third-order valence-corrected chi connectivity index (χ3v) is 5.71. The van der Waals surface area contributed by atoms with Crippen molar-refractivity contribution < 1.29 is 0 Å². The Balaban J connectivity index is 2.04. The summed E-state index contributed by atoms with van der Waals surface area (Å²) in [6, 6.07) is 4.78. The Bertz CT molecular complexity index is 803. The highest BCUT2D eigenvalue weighted by Gasteiger charge is 2.26. The number of hydrogen-bond donors (Lipinski definition) is 0. The highest BCUT2D eigenvalue weighted by atomic mass is 14.3. The highest BCUT2D eigenvalue weighted by Crippen LogP contribution is 2.34. The maximum atomic E-state index is 2.53. The molecule has 1 aromatic carbocycles. The molecule has 0 amide bonds. The number of benzene rings is 1. The van der Waals surface area contributed by atoms with Crippen molar-refractivity contribution in [1.82, 2.24) is 0 Å². The van der Waals surface area contributed by atoms with E-state index in [-0.39, 0.29) is 0 Å². The molecule has 0 N–H and O–H groups in total. The fourth-order valence-electron chi connectivity index (χ4n) is 4.79. The van der Waals surface area contributed by atoms with Gasteiger partial charge in [0.15, 0.2) is 0 Å². The van der Waals surface area contributed by atoms with Gasteiger partial charge in [-0.15, -0.1) is 0 Å². The van der Waals surface area contributed by atoms with Crippen LogP contribution in [0, 0.1) is 17.8 Å². The minimum Gasteiger partial charge on any atom is -0.0773 e. The van der Waals surface area contributed by atoms with E-state index in [1.165, 1.54) is 34.4 Å². The molecule has 4 rings (SSSR count). The second-order valence-corrected chi connectivity index (χ2v) is 7.75. The first-order valence-corrected chi connectivity index (χ1v) is 8.83. The molecule has 0 nitrogen and oxygen atoms in total. The van der Waals surface area contributed by atoms with E-state index in [1.807, 2.05) is 0 Å². The van der Waals surface area contributed by atoms with Crippen LogP contribution in [0.25, 0.3) is 11.6 Å². The first-order chi connectivity index (χ1) is 10.5. The van der Waals surface area contributed by atoms with E-state index in [0.717, 1.165) is 5.92 Å². The summed E-state index contributed by atoms with van der Waals surface area (Å²) >= 11 is 0. The summed E-state index contributed by atoms with van der Waals surface area (Å²) < 4.78 is 0. The maximum Gasteiger partial charge on any atom is 0.000208 e. The molecule has 0 spiro atoms. The van der Waals surface area contributed by atoms with Crippen LogP contribution in [-0.4, -0.2) is 0 Å². The minimum atomic E-state index is 0.535. The van der Waals surface area contributed by atoms with Crippen molar-refractivity contribution in [2.75, 3.05) is 0 Å². The minimum absolute atomic E-state index is 0.535. The SMILES string of the molecule is CC1C=CC2=c3ccc4c(c3=CC(C)C2=C1)C(C)CC(C)C4. The maximum absolute atomic E-state index is 2.53. The van der Waals surface area contributed by atoms with Crippen molar-refractivity contribution >= 4 is 11.6 Å². The van der Waals surface area contributed by atoms with E-state index in [9.17, 15) is 0 Å². The molecule has 0 aromatic heterocycles. The second-order valence-electron chi connectivity index (χ2n) is 7.75. The standard InChI is InChI=1S/C22H26/c1-13-5-7-18-19-8-6-17-10-14(2)9-16(4)22(17)21(19)12-15(3)20(18)11-13/h5-8,11-16H,9-10H2,1-4H3. The molecule has 114 valence electrons. The molecule has 3 aliphatic rings. The summed E-state index contributed by atoms with van der Waals surface area (Å²) in [5.74, 6) is 2.61. The third-order valence-electron chi connectivity index (χ3n) is 5.71. The molecular weight excluding hydrogens is 264 g/mol. The normalized spacial score (nSPS) is 32.5. The number of allylic oxidation sites excluding steroid dienone is 4. The van der Waals surface area contributed by atoms with Crippen LogP contribution < -0.4 is 10.4 Å². The summed E-state index contributed by atoms with van der Waals surface area (Å²) in [4.78, 5) is 0. The van der Waals surface area contributed by atoms with Crippen LogP contribution in [-0.2, 0) is 6.42 Å². The van der Waals surface area contributed by atoms with Crippen LogP contribution >= 0.6 is 0 Å². The third kappa shape index (κ3) is 2.04. The molecule has 0 aliphatic heterocycles. The lowest BCUT2D eigenvalue weighted by atomic mass is 9.74. The van der Waals surface area contributed by atoms with Crippen molar-refractivity contribution in [3.05, 3.63) is 57.5 Å². The summed E-state index contributed by atoms with van der Waals surface area (Å²) in [5.41, 5.74) is 6.23. The van der Waals surface area contributed by atoms with Gasteiger partial charge in [0, 0.05) is 5.92 Å². The van der Waals surface area contributed by atoms with Gasteiger partial charge in [-0.1, -0.05) is 64.1 Å². The van der Waals surface area contributed by atoms with Crippen molar-refractivity contribution in [2.45, 2.75) is 46.5 Å². The predicted molar refractivity (Wildman–Crippen MR) is 95.0 cm³/mol. The van der Waals surface area contributed by atoms with Crippen LogP contribution in [0.4, 0.5) is 0 Å². The quantitative estimate of drug-likeness (QED) is 0.675. The molecule has 0 saturated heterocycles. The molecule has 0 heterocycles. The molecule has 1 aromatic rings. The van der Waals surface area contributed by atoms with Crippen molar-refractivity contribution in [3.8, 4) is 0 Å². The Morgan fingerprint density at radius 1 is 1.00 bits per heavy atom. The molecule has 3 aliphatic carbocycles. The molecule has 0 heteroatoms. The average Bonchev–Trinajstić information content (AvgIpc) is 2.46. The molecular formula is C22H26. The van der Waals surface area contributed by atoms with Gasteiger partial charge >= 0.3 is 0 Å². The monoisotopic (exact) mass is 290 g/mol. The van der Waals surface area contributed by atoms with Gasteiger partial charge in [0.05, 0.1) is 0 Å². The van der Waals surface area contributed by atoms with Gasteiger partial charge in [-0.2, -0.15) is 0 Å². The Morgan fingerprint density at radius 2 is 1.82 bits per heavy atom. The predicted octanol–water partition coefficient (Wildman–Crippen LogP) is 4.09. The number of rotatable bonds is 0. The van der Waals surface area contributed by atoms with Crippen LogP contribution in [0.2, 0.25) is 0 Å². The molecule has 4 atom stereocenters. The zero-order chi connectivity index (χ0) is 15.4. The van der Waals surface area contributed by atoms with E-state index in [1.54, 1.807) is 11.1 Å². The lowest BCUT2D eigenvalue weighted by molar-refractivity contribution is 0.448. The molecule has 0 saturated carbocycles. The second kappa shape index (κ2) is 4.98. The van der Waals surface area contributed by atoms with Gasteiger partial charge in [0.2, 0.25) is 0 Å². The smallest absolute Gasteiger partial charge is 0.000208 e. The Kier molecular flexibility index (Phi) is 3.18. The van der Waals surface area contributed by atoms with Crippen LogP contribution in [0.3, 0.4) is 0 Å². The summed E-state index contributed by atoms with van der Waals surface area (Å²) in [6.45, 7) is 9.45. The Morgan fingerprint density at radius 3 is 2.64 bits per heavy atom. The van der Waals surface area contributed by atoms with Gasteiger partial charge < -0.3 is 0 Å². The summed E-state index contributed by atoms with van der Waals surface area (Å²) in [6.07, 6.45) is 12.3. The van der Waals surface area contributed by atoms with Gasteiger partial charge in [0.25, 0.3) is 0 Å². The first-order valence-electron chi connectivity index (χ1n) is 8.83. The zero-order valence-corrected chi connectivity index (χ0v) is 14.2. The fourth-order valence-corrected chi connectivity index (χ4v) is 4.79. The van der Waals surface area contributed by atoms with E-state index < -0.39 is 0 Å². The van der Waals surface area contributed by atoms with E-state index >= 15 is 0 Å². The fraction of sp³-hybridized carbons (Fsp3) is 0.455. The molecule has 0 radical (unpaired) electrons. The van der Waals surface area contributed by atoms with E-state index in [2.05, 4.69) is 64.1 Å². The van der Waals surface area contributed by atoms with Crippen molar-refractivity contribution in [2.24, 2.45) is 17.8 Å². The van der Waals surface area contributed by atoms with Gasteiger partial charge in [-0.05, 0) is 63.3 Å². The van der Waals surface area contributed by atoms with Crippen molar-refractivity contribution in [3.63, 3.8) is 0 Å². The first kappa shape index (κ1) is 14.1. The average molecular weight is 290 g/mol. The van der Waals surface area contributed by atoms with Crippen LogP contribution in [0.1, 0.15) is 51.2 Å². The molecule has 4 unspecified atom stereocenters. The van der Waals surface area contributed by atoms with E-state index in [4.69, 9.17) is 0 Å². The van der Waals surface area contributed by atoms with E-state index in [0.29, 0.717) is 17.8 Å². The zero-order valence-electron chi connectivity index (χ0n) is 14.2. The van der Waals surface area contributed by atoms with Gasteiger partial charge in [0.1, 0.15) is 0 Å². The Labute approximate surface area is 133 Å². The van der Waals surface area contributed by atoms with Crippen LogP contribution in [0.15, 0.2) is 35.9 Å². The molecule has 0 bridgehead atoms. The highest BCUT2D eigenvalue weighted by molar-refractivity contribution is 5.79.